The average Bonchev–Trinajstić information content (AvgIpc) is 2.55. The molecule has 1 saturated heterocycles. The first-order chi connectivity index (χ1) is 10.2. The number of nitrogens with zero attached hydrogens (tertiary/aromatic N) is 4. The molecule has 0 spiro atoms. The molecule has 1 aromatic carbocycles. The first kappa shape index (κ1) is 13.4. The van der Waals surface area contributed by atoms with Crippen LogP contribution in [0.4, 0.5) is 5.95 Å². The van der Waals surface area contributed by atoms with Crippen molar-refractivity contribution >= 4 is 11.9 Å². The van der Waals surface area contributed by atoms with Crippen LogP contribution >= 0.6 is 0 Å². The summed E-state index contributed by atoms with van der Waals surface area (Å²) >= 11 is 0. The molecule has 3 rings (SSSR count). The Hall–Kier alpha value is -2.54. The van der Waals surface area contributed by atoms with Crippen LogP contribution in [-0.4, -0.2) is 39.2 Å². The molecule has 3 N–H and O–H groups in total. The molecular formula is C14H16N6O. The Morgan fingerprint density at radius 3 is 3.00 bits per heavy atom. The summed E-state index contributed by atoms with van der Waals surface area (Å²) in [5, 5.41) is 9.07. The SMILES string of the molecule is Nc1nncc(-c2cccc(C(=O)N3CCCCN3)c2)n1. The van der Waals surface area contributed by atoms with Crippen molar-refractivity contribution in [2.24, 2.45) is 0 Å². The summed E-state index contributed by atoms with van der Waals surface area (Å²) in [5.41, 5.74) is 10.7. The lowest BCUT2D eigenvalue weighted by atomic mass is 10.1. The van der Waals surface area contributed by atoms with E-state index in [0.29, 0.717) is 11.3 Å². The number of anilines is 1. The maximum Gasteiger partial charge on any atom is 0.267 e. The molecule has 0 aliphatic carbocycles. The molecule has 0 atom stereocenters. The van der Waals surface area contributed by atoms with Crippen LogP contribution in [0.3, 0.4) is 0 Å². The molecule has 1 aliphatic heterocycles. The Bertz CT molecular complexity index is 653. The lowest BCUT2D eigenvalue weighted by molar-refractivity contribution is 0.0611. The van der Waals surface area contributed by atoms with Gasteiger partial charge in [0.25, 0.3) is 5.91 Å². The third-order valence-electron chi connectivity index (χ3n) is 3.34. The minimum Gasteiger partial charge on any atom is -0.366 e. The van der Waals surface area contributed by atoms with Gasteiger partial charge in [0.2, 0.25) is 5.95 Å². The summed E-state index contributed by atoms with van der Waals surface area (Å²) in [7, 11) is 0. The van der Waals surface area contributed by atoms with E-state index in [1.165, 1.54) is 6.20 Å². The van der Waals surface area contributed by atoms with Crippen molar-refractivity contribution in [1.82, 2.24) is 25.6 Å². The highest BCUT2D eigenvalue weighted by Crippen LogP contribution is 2.19. The van der Waals surface area contributed by atoms with Gasteiger partial charge in [-0.05, 0) is 25.0 Å². The standard InChI is InChI=1S/C14H16N6O/c15-14-18-12(9-16-19-14)10-4-3-5-11(8-10)13(21)20-7-2-1-6-17-20/h3-5,8-9,17H,1-2,6-7H2,(H2,15,18,19). The molecule has 0 bridgehead atoms. The largest absolute Gasteiger partial charge is 0.366 e. The summed E-state index contributed by atoms with van der Waals surface area (Å²) in [6, 6.07) is 7.27. The molecule has 7 nitrogen and oxygen atoms in total. The highest BCUT2D eigenvalue weighted by Gasteiger charge is 2.18. The number of amides is 1. The second-order valence-electron chi connectivity index (χ2n) is 4.85. The van der Waals surface area contributed by atoms with Gasteiger partial charge in [0.1, 0.15) is 0 Å². The van der Waals surface area contributed by atoms with Crippen LogP contribution < -0.4 is 11.2 Å². The van der Waals surface area contributed by atoms with E-state index in [1.807, 2.05) is 12.1 Å². The summed E-state index contributed by atoms with van der Waals surface area (Å²) in [6.45, 7) is 1.56. The Labute approximate surface area is 122 Å². The summed E-state index contributed by atoms with van der Waals surface area (Å²) in [6.07, 6.45) is 3.64. The van der Waals surface area contributed by atoms with Crippen LogP contribution in [0.25, 0.3) is 11.3 Å². The van der Waals surface area contributed by atoms with E-state index >= 15 is 0 Å². The maximum absolute atomic E-state index is 12.4. The quantitative estimate of drug-likeness (QED) is 0.849. The van der Waals surface area contributed by atoms with E-state index in [-0.39, 0.29) is 11.9 Å². The minimum atomic E-state index is -0.0356. The number of rotatable bonds is 2. The van der Waals surface area contributed by atoms with Crippen LogP contribution in [0.5, 0.6) is 0 Å². The number of aromatic nitrogens is 3. The van der Waals surface area contributed by atoms with E-state index in [1.54, 1.807) is 17.1 Å². The maximum atomic E-state index is 12.4. The molecule has 1 fully saturated rings. The van der Waals surface area contributed by atoms with Gasteiger partial charge in [-0.25, -0.2) is 10.4 Å². The van der Waals surface area contributed by atoms with Gasteiger partial charge in [-0.15, -0.1) is 5.10 Å². The predicted octanol–water partition coefficient (Wildman–Crippen LogP) is 0.861. The van der Waals surface area contributed by atoms with E-state index < -0.39 is 0 Å². The highest BCUT2D eigenvalue weighted by molar-refractivity contribution is 5.95. The number of carbonyl (C=O) groups excluding carboxylic acids is 1. The highest BCUT2D eigenvalue weighted by atomic mass is 16.2. The topological polar surface area (TPSA) is 97.0 Å². The Morgan fingerprint density at radius 2 is 2.24 bits per heavy atom. The fourth-order valence-corrected chi connectivity index (χ4v) is 2.29. The van der Waals surface area contributed by atoms with Gasteiger partial charge >= 0.3 is 0 Å². The first-order valence-electron chi connectivity index (χ1n) is 6.85. The van der Waals surface area contributed by atoms with Crippen LogP contribution in [0.15, 0.2) is 30.5 Å². The predicted molar refractivity (Wildman–Crippen MR) is 77.9 cm³/mol. The Balaban J connectivity index is 1.87. The first-order valence-corrected chi connectivity index (χ1v) is 6.85. The van der Waals surface area contributed by atoms with Gasteiger partial charge in [-0.2, -0.15) is 5.10 Å². The second kappa shape index (κ2) is 5.84. The van der Waals surface area contributed by atoms with Gasteiger partial charge in [-0.1, -0.05) is 12.1 Å². The lowest BCUT2D eigenvalue weighted by Crippen LogP contribution is -2.46. The van der Waals surface area contributed by atoms with Gasteiger partial charge in [0, 0.05) is 24.2 Å². The third-order valence-corrected chi connectivity index (χ3v) is 3.34. The summed E-state index contributed by atoms with van der Waals surface area (Å²) in [4.78, 5) is 16.6. The summed E-state index contributed by atoms with van der Waals surface area (Å²) in [5.74, 6) is 0.0773. The molecule has 108 valence electrons. The zero-order chi connectivity index (χ0) is 14.7. The van der Waals surface area contributed by atoms with Gasteiger partial charge in [0.05, 0.1) is 11.9 Å². The smallest absolute Gasteiger partial charge is 0.267 e. The summed E-state index contributed by atoms with van der Waals surface area (Å²) < 4.78 is 0. The number of nitrogen functional groups attached to an aromatic ring is 1. The van der Waals surface area contributed by atoms with Gasteiger partial charge < -0.3 is 5.73 Å². The molecule has 2 aromatic rings. The molecule has 1 aliphatic rings. The van der Waals surface area contributed by atoms with E-state index in [0.717, 1.165) is 31.5 Å². The van der Waals surface area contributed by atoms with Crippen molar-refractivity contribution in [1.29, 1.82) is 0 Å². The van der Waals surface area contributed by atoms with Crippen LogP contribution in [0.2, 0.25) is 0 Å². The van der Waals surface area contributed by atoms with Crippen molar-refractivity contribution in [3.05, 3.63) is 36.0 Å². The Kier molecular flexibility index (Phi) is 3.74. The van der Waals surface area contributed by atoms with Crippen molar-refractivity contribution in [3.63, 3.8) is 0 Å². The molecule has 7 heteroatoms. The fourth-order valence-electron chi connectivity index (χ4n) is 2.29. The zero-order valence-electron chi connectivity index (χ0n) is 11.5. The fraction of sp³-hybridized carbons (Fsp3) is 0.286. The normalized spacial score (nSPS) is 15.0. The molecular weight excluding hydrogens is 268 g/mol. The average molecular weight is 284 g/mol. The van der Waals surface area contributed by atoms with Crippen molar-refractivity contribution in [2.45, 2.75) is 12.8 Å². The number of hydrogen-bond donors (Lipinski definition) is 2. The monoisotopic (exact) mass is 284 g/mol. The number of hydrazine groups is 1. The van der Waals surface area contributed by atoms with E-state index in [9.17, 15) is 4.79 Å². The van der Waals surface area contributed by atoms with Crippen molar-refractivity contribution in [3.8, 4) is 11.3 Å². The number of benzene rings is 1. The number of carbonyl (C=O) groups is 1. The van der Waals surface area contributed by atoms with E-state index in [4.69, 9.17) is 5.73 Å². The number of nitrogens with two attached hydrogens (primary N) is 1. The molecule has 2 heterocycles. The van der Waals surface area contributed by atoms with Crippen molar-refractivity contribution < 1.29 is 4.79 Å². The van der Waals surface area contributed by atoms with Gasteiger partial charge in [0.15, 0.2) is 0 Å². The lowest BCUT2D eigenvalue weighted by Gasteiger charge is -2.27. The molecule has 21 heavy (non-hydrogen) atoms. The molecule has 1 amide bonds. The number of nitrogens with one attached hydrogen (secondary N) is 1. The van der Waals surface area contributed by atoms with Crippen LogP contribution in [0, 0.1) is 0 Å². The van der Waals surface area contributed by atoms with Crippen LogP contribution in [-0.2, 0) is 0 Å². The molecule has 0 radical (unpaired) electrons. The molecule has 0 saturated carbocycles. The Morgan fingerprint density at radius 1 is 1.33 bits per heavy atom. The molecule has 0 unspecified atom stereocenters. The number of hydrogen-bond acceptors (Lipinski definition) is 6. The zero-order valence-corrected chi connectivity index (χ0v) is 11.5. The third kappa shape index (κ3) is 2.97. The van der Waals surface area contributed by atoms with Crippen molar-refractivity contribution in [2.75, 3.05) is 18.8 Å². The van der Waals surface area contributed by atoms with Gasteiger partial charge in [-0.3, -0.25) is 9.80 Å². The van der Waals surface area contributed by atoms with Crippen LogP contribution in [0.1, 0.15) is 23.2 Å². The van der Waals surface area contributed by atoms with E-state index in [2.05, 4.69) is 20.6 Å². The second-order valence-corrected chi connectivity index (χ2v) is 4.85. The molecule has 1 aromatic heterocycles. The minimum absolute atomic E-state index is 0.0356.